The lowest BCUT2D eigenvalue weighted by Gasteiger charge is -2.03. The van der Waals surface area contributed by atoms with Crippen LogP contribution in [0.5, 0.6) is 0 Å². The van der Waals surface area contributed by atoms with Crippen LogP contribution in [0.1, 0.15) is 104 Å². The van der Waals surface area contributed by atoms with E-state index < -0.39 is 11.9 Å². The summed E-state index contributed by atoms with van der Waals surface area (Å²) >= 11 is 0. The molecule has 0 aromatic carbocycles. The summed E-state index contributed by atoms with van der Waals surface area (Å²) in [5.41, 5.74) is 0. The molecule has 0 unspecified atom stereocenters. The number of hydrogen-bond donors (Lipinski definition) is 0. The van der Waals surface area contributed by atoms with Gasteiger partial charge in [0.15, 0.2) is 0 Å². The van der Waals surface area contributed by atoms with Crippen molar-refractivity contribution in [3.8, 4) is 0 Å². The highest BCUT2D eigenvalue weighted by Gasteiger charge is 2.17. The quantitative estimate of drug-likeness (QED) is 0.228. The first-order valence-corrected chi connectivity index (χ1v) is 9.76. The molecule has 0 aliphatic heterocycles. The Bertz CT molecular complexity index is 376. The molecule has 0 saturated carbocycles. The molecule has 0 radical (unpaired) electrons. The van der Waals surface area contributed by atoms with E-state index >= 15 is 0 Å². The molecule has 0 rings (SSSR count). The standard InChI is InChI=1S/C20H34O5/c1-3-5-7-9-11-13-17(21)15-19(23)25-20(24)16-18(22)14-12-10-8-6-4-2/h3-16H2,1-2H3. The van der Waals surface area contributed by atoms with Crippen molar-refractivity contribution in [2.75, 3.05) is 0 Å². The van der Waals surface area contributed by atoms with Crippen LogP contribution in [0.25, 0.3) is 0 Å². The fraction of sp³-hybridized carbons (Fsp3) is 0.800. The molecule has 0 spiro atoms. The summed E-state index contributed by atoms with van der Waals surface area (Å²) in [6, 6.07) is 0. The minimum atomic E-state index is -0.848. The number of ether oxygens (including phenoxy) is 1. The van der Waals surface area contributed by atoms with Crippen LogP contribution in [0.15, 0.2) is 0 Å². The molecule has 144 valence electrons. The van der Waals surface area contributed by atoms with Gasteiger partial charge >= 0.3 is 11.9 Å². The second-order valence-corrected chi connectivity index (χ2v) is 6.61. The fourth-order valence-corrected chi connectivity index (χ4v) is 2.55. The number of unbranched alkanes of at least 4 members (excludes halogenated alkanes) is 8. The Morgan fingerprint density at radius 1 is 0.560 bits per heavy atom. The molecule has 0 saturated heterocycles. The number of carbonyl (C=O) groups is 4. The van der Waals surface area contributed by atoms with E-state index in [4.69, 9.17) is 0 Å². The molecular weight excluding hydrogens is 320 g/mol. The lowest BCUT2D eigenvalue weighted by Crippen LogP contribution is -2.18. The van der Waals surface area contributed by atoms with E-state index in [1.807, 2.05) is 0 Å². The summed E-state index contributed by atoms with van der Waals surface area (Å²) in [6.07, 6.45) is 10.1. The van der Waals surface area contributed by atoms with Crippen molar-refractivity contribution in [1.29, 1.82) is 0 Å². The lowest BCUT2D eigenvalue weighted by molar-refractivity contribution is -0.160. The van der Waals surface area contributed by atoms with E-state index in [1.54, 1.807) is 0 Å². The van der Waals surface area contributed by atoms with Crippen molar-refractivity contribution in [3.63, 3.8) is 0 Å². The van der Waals surface area contributed by atoms with Gasteiger partial charge in [-0.25, -0.2) is 0 Å². The molecule has 5 heteroatoms. The van der Waals surface area contributed by atoms with Crippen molar-refractivity contribution in [2.45, 2.75) is 104 Å². The third-order valence-electron chi connectivity index (χ3n) is 4.03. The van der Waals surface area contributed by atoms with Gasteiger partial charge in [-0.2, -0.15) is 0 Å². The van der Waals surface area contributed by atoms with Crippen LogP contribution in [0.4, 0.5) is 0 Å². The Kier molecular flexibility index (Phi) is 15.0. The molecule has 25 heavy (non-hydrogen) atoms. The van der Waals surface area contributed by atoms with Gasteiger partial charge in [0.05, 0.1) is 0 Å². The van der Waals surface area contributed by atoms with Gasteiger partial charge in [0.2, 0.25) is 0 Å². The predicted octanol–water partition coefficient (Wildman–Crippen LogP) is 4.70. The molecule has 0 aromatic rings. The maximum Gasteiger partial charge on any atom is 0.320 e. The van der Waals surface area contributed by atoms with Gasteiger partial charge in [-0.15, -0.1) is 0 Å². The number of hydrogen-bond acceptors (Lipinski definition) is 5. The summed E-state index contributed by atoms with van der Waals surface area (Å²) in [6.45, 7) is 4.24. The Morgan fingerprint density at radius 2 is 0.920 bits per heavy atom. The number of rotatable bonds is 16. The fourth-order valence-electron chi connectivity index (χ4n) is 2.55. The molecule has 0 aliphatic carbocycles. The molecule has 0 N–H and O–H groups in total. The van der Waals surface area contributed by atoms with Gasteiger partial charge < -0.3 is 4.74 Å². The first-order chi connectivity index (χ1) is 12.0. The number of ketones is 2. The first-order valence-electron chi connectivity index (χ1n) is 9.76. The molecule has 0 bridgehead atoms. The monoisotopic (exact) mass is 354 g/mol. The Balaban J connectivity index is 3.77. The molecule has 0 aromatic heterocycles. The number of Topliss-reactive ketones (excluding diaryl/α,β-unsaturated/α-hetero) is 2. The molecule has 0 fully saturated rings. The molecular formula is C20H34O5. The second-order valence-electron chi connectivity index (χ2n) is 6.61. The molecule has 0 aliphatic rings. The summed E-state index contributed by atoms with van der Waals surface area (Å²) in [5, 5.41) is 0. The number of esters is 2. The topological polar surface area (TPSA) is 77.5 Å². The zero-order valence-electron chi connectivity index (χ0n) is 15.9. The highest BCUT2D eigenvalue weighted by molar-refractivity contribution is 6.03. The Hall–Kier alpha value is -1.52. The normalized spacial score (nSPS) is 10.5. The van der Waals surface area contributed by atoms with Gasteiger partial charge in [0.25, 0.3) is 0 Å². The molecule has 0 amide bonds. The van der Waals surface area contributed by atoms with E-state index in [1.165, 1.54) is 0 Å². The average molecular weight is 354 g/mol. The van der Waals surface area contributed by atoms with Gasteiger partial charge in [-0.05, 0) is 12.8 Å². The van der Waals surface area contributed by atoms with Crippen LogP contribution < -0.4 is 0 Å². The highest BCUT2D eigenvalue weighted by atomic mass is 16.6. The van der Waals surface area contributed by atoms with Gasteiger partial charge in [0.1, 0.15) is 24.4 Å². The Morgan fingerprint density at radius 3 is 1.28 bits per heavy atom. The minimum Gasteiger partial charge on any atom is -0.392 e. The van der Waals surface area contributed by atoms with E-state index in [0.29, 0.717) is 12.8 Å². The van der Waals surface area contributed by atoms with E-state index in [0.717, 1.165) is 64.2 Å². The zero-order valence-corrected chi connectivity index (χ0v) is 15.9. The third kappa shape index (κ3) is 15.7. The lowest BCUT2D eigenvalue weighted by atomic mass is 10.1. The summed E-state index contributed by atoms with van der Waals surface area (Å²) in [7, 11) is 0. The van der Waals surface area contributed by atoms with Crippen molar-refractivity contribution in [3.05, 3.63) is 0 Å². The number of carbonyl (C=O) groups excluding carboxylic acids is 4. The van der Waals surface area contributed by atoms with Gasteiger partial charge in [-0.1, -0.05) is 65.2 Å². The Labute approximate surface area is 151 Å². The van der Waals surface area contributed by atoms with Crippen molar-refractivity contribution < 1.29 is 23.9 Å². The predicted molar refractivity (Wildman–Crippen MR) is 97.1 cm³/mol. The smallest absolute Gasteiger partial charge is 0.320 e. The summed E-state index contributed by atoms with van der Waals surface area (Å²) in [4.78, 5) is 46.4. The van der Waals surface area contributed by atoms with Crippen LogP contribution in [0, 0.1) is 0 Å². The van der Waals surface area contributed by atoms with Crippen LogP contribution in [0.3, 0.4) is 0 Å². The molecule has 5 nitrogen and oxygen atoms in total. The SMILES string of the molecule is CCCCCCCC(=O)CC(=O)OC(=O)CC(=O)CCCCCCC. The molecule has 0 atom stereocenters. The maximum absolute atomic E-state index is 11.6. The average Bonchev–Trinajstić information content (AvgIpc) is 2.54. The summed E-state index contributed by atoms with van der Waals surface area (Å²) in [5.74, 6) is -2.12. The highest BCUT2D eigenvalue weighted by Crippen LogP contribution is 2.08. The minimum absolute atomic E-state index is 0.212. The third-order valence-corrected chi connectivity index (χ3v) is 4.03. The summed E-state index contributed by atoms with van der Waals surface area (Å²) < 4.78 is 4.56. The van der Waals surface area contributed by atoms with Crippen LogP contribution in [-0.2, 0) is 23.9 Å². The maximum atomic E-state index is 11.6. The molecule has 0 heterocycles. The van der Waals surface area contributed by atoms with Crippen LogP contribution in [0.2, 0.25) is 0 Å². The second kappa shape index (κ2) is 16.0. The van der Waals surface area contributed by atoms with Crippen molar-refractivity contribution in [2.24, 2.45) is 0 Å². The van der Waals surface area contributed by atoms with Gasteiger partial charge in [-0.3, -0.25) is 19.2 Å². The zero-order chi connectivity index (χ0) is 18.9. The van der Waals surface area contributed by atoms with E-state index in [2.05, 4.69) is 18.6 Å². The van der Waals surface area contributed by atoms with Crippen LogP contribution in [-0.4, -0.2) is 23.5 Å². The van der Waals surface area contributed by atoms with Crippen LogP contribution >= 0.6 is 0 Å². The van der Waals surface area contributed by atoms with Gasteiger partial charge in [0, 0.05) is 12.8 Å². The first kappa shape index (κ1) is 23.5. The van der Waals surface area contributed by atoms with E-state index in [9.17, 15) is 19.2 Å². The van der Waals surface area contributed by atoms with Crippen molar-refractivity contribution in [1.82, 2.24) is 0 Å². The van der Waals surface area contributed by atoms with Crippen molar-refractivity contribution >= 4 is 23.5 Å². The van der Waals surface area contributed by atoms with E-state index in [-0.39, 0.29) is 24.4 Å². The largest absolute Gasteiger partial charge is 0.392 e.